The van der Waals surface area contributed by atoms with E-state index in [1.54, 1.807) is 12.3 Å². The van der Waals surface area contributed by atoms with Crippen LogP contribution in [-0.2, 0) is 4.74 Å². The second-order valence-corrected chi connectivity index (χ2v) is 5.89. The lowest BCUT2D eigenvalue weighted by Crippen LogP contribution is -2.33. The highest BCUT2D eigenvalue weighted by Gasteiger charge is 2.15. The number of nitrogens with zero attached hydrogens (tertiary/aromatic N) is 2. The summed E-state index contributed by atoms with van der Waals surface area (Å²) in [4.78, 5) is 19.4. The molecule has 0 aliphatic heterocycles. The van der Waals surface area contributed by atoms with Crippen molar-refractivity contribution in [2.45, 2.75) is 31.5 Å². The molecule has 7 heteroatoms. The predicted molar refractivity (Wildman–Crippen MR) is 72.0 cm³/mol. The average Bonchev–Trinajstić information content (AvgIpc) is 2.22. The largest absolute Gasteiger partial charge is 0.444 e. The molecule has 0 aromatic carbocycles. The Labute approximate surface area is 116 Å². The highest BCUT2D eigenvalue weighted by atomic mass is 35.5. The molecule has 1 aromatic heterocycles. The molecule has 100 valence electrons. The second-order valence-electron chi connectivity index (χ2n) is 4.44. The van der Waals surface area contributed by atoms with E-state index >= 15 is 0 Å². The van der Waals surface area contributed by atoms with Gasteiger partial charge in [0.25, 0.3) is 0 Å². The molecule has 1 rings (SSSR count). The molecule has 0 saturated carbocycles. The van der Waals surface area contributed by atoms with Crippen LogP contribution in [0.3, 0.4) is 0 Å². The van der Waals surface area contributed by atoms with Crippen molar-refractivity contribution in [3.63, 3.8) is 0 Å². The third-order valence-corrected chi connectivity index (χ3v) is 2.67. The fourth-order valence-corrected chi connectivity index (χ4v) is 1.87. The summed E-state index contributed by atoms with van der Waals surface area (Å²) in [5, 5.41) is 3.65. The number of hydrogen-bond acceptors (Lipinski definition) is 5. The molecule has 1 N–H and O–H groups in total. The highest BCUT2D eigenvalue weighted by molar-refractivity contribution is 7.99. The van der Waals surface area contributed by atoms with E-state index in [-0.39, 0.29) is 0 Å². The predicted octanol–water partition coefficient (Wildman–Crippen LogP) is 2.75. The van der Waals surface area contributed by atoms with E-state index in [9.17, 15) is 4.79 Å². The first-order chi connectivity index (χ1) is 8.37. The lowest BCUT2D eigenvalue weighted by atomic mass is 10.2. The molecule has 0 atom stereocenters. The van der Waals surface area contributed by atoms with Crippen molar-refractivity contribution in [2.24, 2.45) is 0 Å². The van der Waals surface area contributed by atoms with Gasteiger partial charge in [-0.3, -0.25) is 0 Å². The van der Waals surface area contributed by atoms with Crippen LogP contribution in [0.25, 0.3) is 0 Å². The summed E-state index contributed by atoms with van der Waals surface area (Å²) < 4.78 is 5.10. The Bertz CT molecular complexity index is 410. The monoisotopic (exact) mass is 289 g/mol. The number of carbonyl (C=O) groups excluding carboxylic acids is 1. The van der Waals surface area contributed by atoms with Gasteiger partial charge in [0.15, 0.2) is 5.16 Å². The topological polar surface area (TPSA) is 64.1 Å². The number of halogens is 1. The molecule has 1 amide bonds. The van der Waals surface area contributed by atoms with Gasteiger partial charge in [-0.1, -0.05) is 23.4 Å². The van der Waals surface area contributed by atoms with Crippen LogP contribution in [0.5, 0.6) is 0 Å². The number of carbonyl (C=O) groups is 1. The van der Waals surface area contributed by atoms with Gasteiger partial charge in [-0.2, -0.15) is 0 Å². The van der Waals surface area contributed by atoms with Gasteiger partial charge in [-0.05, 0) is 26.8 Å². The minimum Gasteiger partial charge on any atom is -0.444 e. The van der Waals surface area contributed by atoms with E-state index in [1.807, 2.05) is 20.8 Å². The van der Waals surface area contributed by atoms with Crippen LogP contribution in [-0.4, -0.2) is 34.0 Å². The van der Waals surface area contributed by atoms with Crippen LogP contribution in [0.15, 0.2) is 17.4 Å². The minimum absolute atomic E-state index is 0.410. The number of thioether (sulfide) groups is 1. The zero-order valence-electron chi connectivity index (χ0n) is 10.6. The highest BCUT2D eigenvalue weighted by Crippen LogP contribution is 2.13. The fourth-order valence-electron chi connectivity index (χ4n) is 0.999. The van der Waals surface area contributed by atoms with Crippen LogP contribution in [0, 0.1) is 0 Å². The molecule has 0 radical (unpaired) electrons. The van der Waals surface area contributed by atoms with Gasteiger partial charge in [0.05, 0.1) is 0 Å². The summed E-state index contributed by atoms with van der Waals surface area (Å²) in [5.41, 5.74) is -0.479. The maximum absolute atomic E-state index is 11.3. The molecule has 0 aliphatic carbocycles. The third kappa shape index (κ3) is 6.66. The Morgan fingerprint density at radius 2 is 2.28 bits per heavy atom. The van der Waals surface area contributed by atoms with Crippen molar-refractivity contribution in [1.29, 1.82) is 0 Å². The normalized spacial score (nSPS) is 11.1. The van der Waals surface area contributed by atoms with E-state index in [2.05, 4.69) is 15.3 Å². The molecule has 0 fully saturated rings. The summed E-state index contributed by atoms with van der Waals surface area (Å²) in [5.74, 6) is 0.652. The van der Waals surface area contributed by atoms with Crippen molar-refractivity contribution in [3.05, 3.63) is 17.4 Å². The molecule has 0 spiro atoms. The number of aromatic nitrogens is 2. The molecule has 0 unspecified atom stereocenters. The van der Waals surface area contributed by atoms with Crippen LogP contribution < -0.4 is 5.32 Å². The zero-order chi connectivity index (χ0) is 13.6. The Balaban J connectivity index is 2.21. The Morgan fingerprint density at radius 1 is 1.56 bits per heavy atom. The molecule has 0 aliphatic rings. The first-order valence-corrected chi connectivity index (χ1v) is 6.81. The van der Waals surface area contributed by atoms with Gasteiger partial charge in [-0.15, -0.1) is 0 Å². The van der Waals surface area contributed by atoms with Crippen molar-refractivity contribution < 1.29 is 9.53 Å². The van der Waals surface area contributed by atoms with E-state index in [1.165, 1.54) is 11.8 Å². The molecule has 0 bridgehead atoms. The average molecular weight is 290 g/mol. The van der Waals surface area contributed by atoms with Crippen molar-refractivity contribution in [2.75, 3.05) is 12.3 Å². The van der Waals surface area contributed by atoms with Gasteiger partial charge < -0.3 is 10.1 Å². The number of ether oxygens (including phenoxy) is 1. The number of amides is 1. The second kappa shape index (κ2) is 6.80. The number of hydrogen-bond donors (Lipinski definition) is 1. The number of nitrogens with one attached hydrogen (secondary N) is 1. The van der Waals surface area contributed by atoms with Gasteiger partial charge in [-0.25, -0.2) is 14.8 Å². The summed E-state index contributed by atoms with van der Waals surface area (Å²) in [6, 6.07) is 1.62. The van der Waals surface area contributed by atoms with E-state index in [0.717, 1.165) is 0 Å². The molecular weight excluding hydrogens is 274 g/mol. The number of rotatable bonds is 4. The summed E-state index contributed by atoms with van der Waals surface area (Å²) in [7, 11) is 0. The van der Waals surface area contributed by atoms with Crippen molar-refractivity contribution in [1.82, 2.24) is 15.3 Å². The van der Waals surface area contributed by atoms with E-state index < -0.39 is 11.7 Å². The molecule has 18 heavy (non-hydrogen) atoms. The molecule has 1 heterocycles. The Morgan fingerprint density at radius 3 is 2.89 bits per heavy atom. The van der Waals surface area contributed by atoms with Crippen molar-refractivity contribution in [3.8, 4) is 0 Å². The summed E-state index contributed by atoms with van der Waals surface area (Å²) in [6.45, 7) is 5.94. The maximum atomic E-state index is 11.3. The smallest absolute Gasteiger partial charge is 0.407 e. The molecule has 0 saturated heterocycles. The summed E-state index contributed by atoms with van der Waals surface area (Å²) >= 11 is 7.14. The fraction of sp³-hybridized carbons (Fsp3) is 0.545. The van der Waals surface area contributed by atoms with Gasteiger partial charge >= 0.3 is 6.09 Å². The van der Waals surface area contributed by atoms with Crippen LogP contribution in [0.4, 0.5) is 4.79 Å². The third-order valence-electron chi connectivity index (χ3n) is 1.60. The summed E-state index contributed by atoms with van der Waals surface area (Å²) in [6.07, 6.45) is 1.18. The standard InChI is InChI=1S/C11H16ClN3O2S/c1-11(2,3)17-10(16)14-6-7-18-9-13-5-4-8(12)15-9/h4-5H,6-7H2,1-3H3,(H,14,16). The Kier molecular flexibility index (Phi) is 5.68. The quantitative estimate of drug-likeness (QED) is 0.400. The maximum Gasteiger partial charge on any atom is 0.407 e. The SMILES string of the molecule is CC(C)(C)OC(=O)NCCSc1nccc(Cl)n1. The van der Waals surface area contributed by atoms with Crippen LogP contribution in [0.2, 0.25) is 5.15 Å². The van der Waals surface area contributed by atoms with Gasteiger partial charge in [0, 0.05) is 18.5 Å². The molecule has 1 aromatic rings. The van der Waals surface area contributed by atoms with Gasteiger partial charge in [0.2, 0.25) is 0 Å². The molecule has 5 nitrogen and oxygen atoms in total. The van der Waals surface area contributed by atoms with E-state index in [4.69, 9.17) is 16.3 Å². The van der Waals surface area contributed by atoms with Crippen LogP contribution >= 0.6 is 23.4 Å². The first-order valence-electron chi connectivity index (χ1n) is 5.45. The Hall–Kier alpha value is -1.01. The lowest BCUT2D eigenvalue weighted by molar-refractivity contribution is 0.0531. The minimum atomic E-state index is -0.479. The first kappa shape index (κ1) is 15.0. The number of alkyl carbamates (subject to hydrolysis) is 1. The zero-order valence-corrected chi connectivity index (χ0v) is 12.1. The van der Waals surface area contributed by atoms with E-state index in [0.29, 0.717) is 22.6 Å². The van der Waals surface area contributed by atoms with Gasteiger partial charge in [0.1, 0.15) is 10.8 Å². The van der Waals surface area contributed by atoms with Crippen LogP contribution in [0.1, 0.15) is 20.8 Å². The molecular formula is C11H16ClN3O2S. The van der Waals surface area contributed by atoms with Crippen molar-refractivity contribution >= 4 is 29.5 Å². The lowest BCUT2D eigenvalue weighted by Gasteiger charge is -2.19.